The summed E-state index contributed by atoms with van der Waals surface area (Å²) in [7, 11) is 0. The largest absolute Gasteiger partial charge is 0.485 e. The molecule has 1 amide bonds. The number of carbonyl (C=O) groups is 1. The lowest BCUT2D eigenvalue weighted by Crippen LogP contribution is -2.42. The average molecular weight is 372 g/mol. The summed E-state index contributed by atoms with van der Waals surface area (Å²) in [6.45, 7) is 0.152. The molecule has 1 atom stereocenters. The molecular formula is C23H20N2O3. The highest BCUT2D eigenvalue weighted by Crippen LogP contribution is 2.30. The Morgan fingerprint density at radius 2 is 1.46 bits per heavy atom. The lowest BCUT2D eigenvalue weighted by Gasteiger charge is -2.24. The second kappa shape index (κ2) is 8.39. The molecule has 5 heteroatoms. The molecule has 0 bridgehead atoms. The van der Waals surface area contributed by atoms with E-state index in [1.165, 1.54) is 0 Å². The van der Waals surface area contributed by atoms with E-state index >= 15 is 0 Å². The van der Waals surface area contributed by atoms with E-state index < -0.39 is 6.10 Å². The maximum Gasteiger partial charge on any atom is 0.284 e. The Morgan fingerprint density at radius 3 is 2.11 bits per heavy atom. The lowest BCUT2D eigenvalue weighted by atomic mass is 9.92. The number of nitrogens with zero attached hydrogens (tertiary/aromatic N) is 1. The summed E-state index contributed by atoms with van der Waals surface area (Å²) in [6, 6.07) is 27.4. The van der Waals surface area contributed by atoms with Crippen molar-refractivity contribution in [3.8, 4) is 11.5 Å². The average Bonchev–Trinajstić information content (AvgIpc) is 2.77. The number of hydrogen-bond acceptors (Lipinski definition) is 4. The van der Waals surface area contributed by atoms with Gasteiger partial charge in [0, 0.05) is 12.1 Å². The van der Waals surface area contributed by atoms with Gasteiger partial charge in [-0.15, -0.1) is 0 Å². The second-order valence-corrected chi connectivity index (χ2v) is 6.42. The summed E-state index contributed by atoms with van der Waals surface area (Å²) in [5.74, 6) is 0.796. The molecule has 0 saturated carbocycles. The molecule has 3 aromatic carbocycles. The predicted molar refractivity (Wildman–Crippen MR) is 108 cm³/mol. The monoisotopic (exact) mass is 372 g/mol. The van der Waals surface area contributed by atoms with E-state index in [1.807, 2.05) is 78.9 Å². The number of nitrogens with one attached hydrogen (secondary N) is 1. The van der Waals surface area contributed by atoms with E-state index in [1.54, 1.807) is 12.3 Å². The van der Waals surface area contributed by atoms with Gasteiger partial charge in [-0.1, -0.05) is 72.8 Å². The first kappa shape index (κ1) is 17.8. The van der Waals surface area contributed by atoms with Crippen LogP contribution in [0.3, 0.4) is 0 Å². The third-order valence-corrected chi connectivity index (χ3v) is 4.52. The van der Waals surface area contributed by atoms with Gasteiger partial charge in [-0.2, -0.15) is 5.10 Å². The molecule has 0 aromatic heterocycles. The molecule has 1 N–H and O–H groups in total. The van der Waals surface area contributed by atoms with Crippen LogP contribution in [0.1, 0.15) is 17.0 Å². The molecule has 0 radical (unpaired) electrons. The fourth-order valence-electron chi connectivity index (χ4n) is 3.08. The van der Waals surface area contributed by atoms with Crippen LogP contribution < -0.4 is 14.9 Å². The fourth-order valence-corrected chi connectivity index (χ4v) is 3.08. The number of benzene rings is 3. The standard InChI is InChI=1S/C23H20N2O3/c26-23(22-16-27-20-13-7-8-14-21(20)28-22)25-24-15-19(17-9-3-1-4-10-17)18-11-5-2-6-12-18/h1-15,19,22H,16H2,(H,25,26). The van der Waals surface area contributed by atoms with Gasteiger partial charge in [0.2, 0.25) is 6.10 Å². The number of ether oxygens (including phenoxy) is 2. The van der Waals surface area contributed by atoms with E-state index in [0.717, 1.165) is 11.1 Å². The van der Waals surface area contributed by atoms with Crippen molar-refractivity contribution in [1.82, 2.24) is 5.43 Å². The van der Waals surface area contributed by atoms with E-state index in [4.69, 9.17) is 9.47 Å². The van der Waals surface area contributed by atoms with Gasteiger partial charge >= 0.3 is 0 Å². The molecule has 0 saturated heterocycles. The van der Waals surface area contributed by atoms with E-state index in [-0.39, 0.29) is 18.4 Å². The van der Waals surface area contributed by atoms with Gasteiger partial charge in [-0.25, -0.2) is 5.43 Å². The SMILES string of the molecule is O=C(NN=CC(c1ccccc1)c1ccccc1)C1COc2ccccc2O1. The van der Waals surface area contributed by atoms with Crippen molar-refractivity contribution in [1.29, 1.82) is 0 Å². The molecule has 1 heterocycles. The second-order valence-electron chi connectivity index (χ2n) is 6.42. The number of hydrogen-bond donors (Lipinski definition) is 1. The highest BCUT2D eigenvalue weighted by molar-refractivity contribution is 5.83. The fraction of sp³-hybridized carbons (Fsp3) is 0.130. The molecule has 28 heavy (non-hydrogen) atoms. The molecule has 5 nitrogen and oxygen atoms in total. The minimum Gasteiger partial charge on any atom is -0.485 e. The Kier molecular flexibility index (Phi) is 5.33. The van der Waals surface area contributed by atoms with Crippen LogP contribution in [-0.4, -0.2) is 24.8 Å². The molecule has 3 aromatic rings. The zero-order valence-corrected chi connectivity index (χ0v) is 15.2. The molecule has 4 rings (SSSR count). The maximum absolute atomic E-state index is 12.4. The van der Waals surface area contributed by atoms with Crippen molar-refractivity contribution < 1.29 is 14.3 Å². The lowest BCUT2D eigenvalue weighted by molar-refractivity contribution is -0.130. The van der Waals surface area contributed by atoms with Crippen LogP contribution in [0.5, 0.6) is 11.5 Å². The van der Waals surface area contributed by atoms with E-state index in [0.29, 0.717) is 11.5 Å². The molecule has 1 aliphatic rings. The minimum absolute atomic E-state index is 0.0630. The van der Waals surface area contributed by atoms with Crippen LogP contribution >= 0.6 is 0 Å². The number of para-hydroxylation sites is 2. The van der Waals surface area contributed by atoms with Crippen LogP contribution in [0.4, 0.5) is 0 Å². The summed E-state index contributed by atoms with van der Waals surface area (Å²) < 4.78 is 11.3. The minimum atomic E-state index is -0.737. The van der Waals surface area contributed by atoms with Gasteiger partial charge < -0.3 is 9.47 Å². The van der Waals surface area contributed by atoms with Crippen LogP contribution in [-0.2, 0) is 4.79 Å². The molecular weight excluding hydrogens is 352 g/mol. The predicted octanol–water partition coefficient (Wildman–Crippen LogP) is 3.76. The van der Waals surface area contributed by atoms with Crippen LogP contribution in [0.15, 0.2) is 90.0 Å². The highest BCUT2D eigenvalue weighted by atomic mass is 16.6. The van der Waals surface area contributed by atoms with Gasteiger partial charge in [0.1, 0.15) is 6.61 Å². The zero-order valence-electron chi connectivity index (χ0n) is 15.2. The summed E-state index contributed by atoms with van der Waals surface area (Å²) >= 11 is 0. The first-order valence-corrected chi connectivity index (χ1v) is 9.12. The van der Waals surface area contributed by atoms with Crippen LogP contribution in [0.2, 0.25) is 0 Å². The number of hydrazone groups is 1. The van der Waals surface area contributed by atoms with Crippen molar-refractivity contribution in [2.24, 2.45) is 5.10 Å². The van der Waals surface area contributed by atoms with E-state index in [9.17, 15) is 4.79 Å². The normalized spacial score (nSPS) is 15.5. The zero-order chi connectivity index (χ0) is 19.2. The Bertz CT molecular complexity index is 918. The van der Waals surface area contributed by atoms with Crippen molar-refractivity contribution >= 4 is 12.1 Å². The quantitative estimate of drug-likeness (QED) is 0.548. The van der Waals surface area contributed by atoms with Gasteiger partial charge in [0.25, 0.3) is 5.91 Å². The number of fused-ring (bicyclic) bond motifs is 1. The topological polar surface area (TPSA) is 59.9 Å². The third kappa shape index (κ3) is 4.04. The Morgan fingerprint density at radius 1 is 0.893 bits per heavy atom. The molecule has 140 valence electrons. The van der Waals surface area contributed by atoms with Crippen molar-refractivity contribution in [3.63, 3.8) is 0 Å². The first-order chi connectivity index (χ1) is 13.8. The Labute approximate surface area is 163 Å². The number of amides is 1. The van der Waals surface area contributed by atoms with Gasteiger partial charge in [0.15, 0.2) is 11.5 Å². The van der Waals surface area contributed by atoms with Gasteiger partial charge in [-0.3, -0.25) is 4.79 Å². The first-order valence-electron chi connectivity index (χ1n) is 9.12. The summed E-state index contributed by atoms with van der Waals surface area (Å²) in [6.07, 6.45) is 0.999. The molecule has 1 aliphatic heterocycles. The van der Waals surface area contributed by atoms with Crippen molar-refractivity contribution in [2.75, 3.05) is 6.61 Å². The number of carbonyl (C=O) groups excluding carboxylic acids is 1. The maximum atomic E-state index is 12.4. The van der Waals surface area contributed by atoms with Crippen LogP contribution in [0.25, 0.3) is 0 Å². The van der Waals surface area contributed by atoms with Crippen LogP contribution in [0, 0.1) is 0 Å². The Balaban J connectivity index is 1.45. The number of rotatable bonds is 5. The molecule has 1 unspecified atom stereocenters. The Hall–Kier alpha value is -3.60. The van der Waals surface area contributed by atoms with Gasteiger partial charge in [-0.05, 0) is 23.3 Å². The smallest absolute Gasteiger partial charge is 0.284 e. The third-order valence-electron chi connectivity index (χ3n) is 4.52. The summed E-state index contributed by atoms with van der Waals surface area (Å²) in [5, 5.41) is 4.20. The van der Waals surface area contributed by atoms with E-state index in [2.05, 4.69) is 10.5 Å². The summed E-state index contributed by atoms with van der Waals surface area (Å²) in [4.78, 5) is 12.4. The molecule has 0 fully saturated rings. The van der Waals surface area contributed by atoms with Gasteiger partial charge in [0.05, 0.1) is 0 Å². The highest BCUT2D eigenvalue weighted by Gasteiger charge is 2.27. The van der Waals surface area contributed by atoms with Crippen molar-refractivity contribution in [3.05, 3.63) is 96.1 Å². The van der Waals surface area contributed by atoms with Crippen molar-refractivity contribution in [2.45, 2.75) is 12.0 Å². The molecule has 0 spiro atoms. The molecule has 0 aliphatic carbocycles. The summed E-state index contributed by atoms with van der Waals surface area (Å²) in [5.41, 5.74) is 4.77.